The van der Waals surface area contributed by atoms with Crippen LogP contribution in [0.4, 0.5) is 0 Å². The average Bonchev–Trinajstić information content (AvgIpc) is 2.00. The summed E-state index contributed by atoms with van der Waals surface area (Å²) in [4.78, 5) is 10.6. The van der Waals surface area contributed by atoms with Crippen LogP contribution in [0, 0.1) is 11.3 Å². The topological polar surface area (TPSA) is 43.1 Å². The quantitative estimate of drug-likeness (QED) is 0.672. The van der Waals surface area contributed by atoms with Crippen LogP contribution in [0.1, 0.15) is 59.8 Å². The first-order chi connectivity index (χ1) is 6.33. The Labute approximate surface area is 88.3 Å². The maximum Gasteiger partial charge on any atom is 0.217 e. The number of hydrogen-bond acceptors (Lipinski definition) is 1. The minimum atomic E-state index is -0.176. The first-order valence-electron chi connectivity index (χ1n) is 5.62. The van der Waals surface area contributed by atoms with Crippen molar-refractivity contribution in [3.63, 3.8) is 0 Å². The molecule has 0 bridgehead atoms. The number of primary amides is 1. The second-order valence-corrected chi connectivity index (χ2v) is 5.42. The van der Waals surface area contributed by atoms with Gasteiger partial charge in [-0.25, -0.2) is 0 Å². The number of carbonyl (C=O) groups excluding carboxylic acids is 1. The summed E-state index contributed by atoms with van der Waals surface area (Å²) in [5.41, 5.74) is 5.47. The van der Waals surface area contributed by atoms with Crippen LogP contribution in [0.25, 0.3) is 0 Å². The number of amides is 1. The summed E-state index contributed by atoms with van der Waals surface area (Å²) in [6.45, 7) is 9.05. The Balaban J connectivity index is 3.66. The fraction of sp³-hybridized carbons (Fsp3) is 0.917. The molecule has 0 unspecified atom stereocenters. The van der Waals surface area contributed by atoms with E-state index in [9.17, 15) is 4.79 Å². The zero-order chi connectivity index (χ0) is 11.2. The van der Waals surface area contributed by atoms with Crippen LogP contribution in [0.2, 0.25) is 0 Å². The lowest BCUT2D eigenvalue weighted by Gasteiger charge is -2.25. The Morgan fingerprint density at radius 2 is 1.86 bits per heavy atom. The van der Waals surface area contributed by atoms with Crippen molar-refractivity contribution < 1.29 is 4.79 Å². The minimum absolute atomic E-state index is 0.176. The zero-order valence-corrected chi connectivity index (χ0v) is 10.1. The van der Waals surface area contributed by atoms with E-state index in [1.807, 2.05) is 0 Å². The standard InChI is InChI=1S/C12H25NO/c1-10(2)7-9-12(3,4)8-5-6-11(13)14/h10H,5-9H2,1-4H3,(H2,13,14). The summed E-state index contributed by atoms with van der Waals surface area (Å²) in [5, 5.41) is 0. The van der Waals surface area contributed by atoms with Crippen molar-refractivity contribution in [3.05, 3.63) is 0 Å². The van der Waals surface area contributed by atoms with Gasteiger partial charge in [-0.3, -0.25) is 4.79 Å². The van der Waals surface area contributed by atoms with E-state index in [4.69, 9.17) is 5.73 Å². The molecule has 0 aromatic heterocycles. The van der Waals surface area contributed by atoms with E-state index in [2.05, 4.69) is 27.7 Å². The molecule has 2 nitrogen and oxygen atoms in total. The van der Waals surface area contributed by atoms with Gasteiger partial charge in [-0.15, -0.1) is 0 Å². The largest absolute Gasteiger partial charge is 0.370 e. The molecular formula is C12H25NO. The molecule has 84 valence electrons. The molecule has 2 heteroatoms. The van der Waals surface area contributed by atoms with E-state index >= 15 is 0 Å². The smallest absolute Gasteiger partial charge is 0.217 e. The first kappa shape index (κ1) is 13.5. The second-order valence-electron chi connectivity index (χ2n) is 5.42. The highest BCUT2D eigenvalue weighted by Gasteiger charge is 2.17. The van der Waals surface area contributed by atoms with E-state index in [1.54, 1.807) is 0 Å². The third-order valence-corrected chi connectivity index (χ3v) is 2.68. The molecule has 0 fully saturated rings. The van der Waals surface area contributed by atoms with Gasteiger partial charge in [0.05, 0.1) is 0 Å². The molecule has 1 amide bonds. The van der Waals surface area contributed by atoms with Crippen LogP contribution in [-0.4, -0.2) is 5.91 Å². The Bertz CT molecular complexity index is 173. The lowest BCUT2D eigenvalue weighted by molar-refractivity contribution is -0.118. The molecule has 0 heterocycles. The number of rotatable bonds is 7. The predicted molar refractivity (Wildman–Crippen MR) is 60.9 cm³/mol. The van der Waals surface area contributed by atoms with Gasteiger partial charge >= 0.3 is 0 Å². The van der Waals surface area contributed by atoms with Gasteiger partial charge in [0.2, 0.25) is 5.91 Å². The summed E-state index contributed by atoms with van der Waals surface area (Å²) < 4.78 is 0. The monoisotopic (exact) mass is 199 g/mol. The number of nitrogens with two attached hydrogens (primary N) is 1. The average molecular weight is 199 g/mol. The van der Waals surface area contributed by atoms with Crippen LogP contribution in [0.15, 0.2) is 0 Å². The van der Waals surface area contributed by atoms with Gasteiger partial charge in [0, 0.05) is 6.42 Å². The molecule has 0 aliphatic rings. The summed E-state index contributed by atoms with van der Waals surface area (Å²) in [6, 6.07) is 0. The van der Waals surface area contributed by atoms with Crippen LogP contribution in [-0.2, 0) is 4.79 Å². The maximum absolute atomic E-state index is 10.6. The SMILES string of the molecule is CC(C)CCC(C)(C)CCCC(N)=O. The van der Waals surface area contributed by atoms with E-state index in [1.165, 1.54) is 12.8 Å². The van der Waals surface area contributed by atoms with Crippen molar-refractivity contribution in [2.24, 2.45) is 17.1 Å². The van der Waals surface area contributed by atoms with Crippen molar-refractivity contribution in [2.45, 2.75) is 59.8 Å². The summed E-state index contributed by atoms with van der Waals surface area (Å²) >= 11 is 0. The third kappa shape index (κ3) is 8.09. The lowest BCUT2D eigenvalue weighted by atomic mass is 9.81. The van der Waals surface area contributed by atoms with Crippen molar-refractivity contribution in [3.8, 4) is 0 Å². The minimum Gasteiger partial charge on any atom is -0.370 e. The molecule has 0 aliphatic heterocycles. The van der Waals surface area contributed by atoms with E-state index in [0.717, 1.165) is 18.8 Å². The third-order valence-electron chi connectivity index (χ3n) is 2.68. The molecule has 0 aliphatic carbocycles. The van der Waals surface area contributed by atoms with Gasteiger partial charge in [-0.2, -0.15) is 0 Å². The van der Waals surface area contributed by atoms with Gasteiger partial charge in [0.25, 0.3) is 0 Å². The second kappa shape index (κ2) is 6.05. The maximum atomic E-state index is 10.6. The summed E-state index contributed by atoms with van der Waals surface area (Å²) in [6.07, 6.45) is 5.07. The van der Waals surface area contributed by atoms with Gasteiger partial charge < -0.3 is 5.73 Å². The molecular weight excluding hydrogens is 174 g/mol. The van der Waals surface area contributed by atoms with Gasteiger partial charge in [0.15, 0.2) is 0 Å². The van der Waals surface area contributed by atoms with Crippen LogP contribution in [0.5, 0.6) is 0 Å². The highest BCUT2D eigenvalue weighted by Crippen LogP contribution is 2.30. The first-order valence-corrected chi connectivity index (χ1v) is 5.62. The van der Waals surface area contributed by atoms with Crippen molar-refractivity contribution in [1.29, 1.82) is 0 Å². The highest BCUT2D eigenvalue weighted by molar-refractivity contribution is 5.73. The molecule has 0 saturated carbocycles. The van der Waals surface area contributed by atoms with E-state index in [0.29, 0.717) is 11.8 Å². The van der Waals surface area contributed by atoms with Gasteiger partial charge in [-0.05, 0) is 30.6 Å². The van der Waals surface area contributed by atoms with E-state index < -0.39 is 0 Å². The summed E-state index contributed by atoms with van der Waals surface area (Å²) in [7, 11) is 0. The molecule has 0 aromatic rings. The zero-order valence-electron chi connectivity index (χ0n) is 10.1. The highest BCUT2D eigenvalue weighted by atomic mass is 16.1. The molecule has 2 N–H and O–H groups in total. The molecule has 0 radical (unpaired) electrons. The van der Waals surface area contributed by atoms with Crippen LogP contribution in [0.3, 0.4) is 0 Å². The van der Waals surface area contributed by atoms with Crippen molar-refractivity contribution in [1.82, 2.24) is 0 Å². The lowest BCUT2D eigenvalue weighted by Crippen LogP contribution is -2.15. The Morgan fingerprint density at radius 3 is 2.29 bits per heavy atom. The van der Waals surface area contributed by atoms with Crippen LogP contribution >= 0.6 is 0 Å². The molecule has 0 aromatic carbocycles. The van der Waals surface area contributed by atoms with Gasteiger partial charge in [0.1, 0.15) is 0 Å². The number of hydrogen-bond donors (Lipinski definition) is 1. The summed E-state index contributed by atoms with van der Waals surface area (Å²) in [5.74, 6) is 0.593. The fourth-order valence-electron chi connectivity index (χ4n) is 1.55. The van der Waals surface area contributed by atoms with Crippen molar-refractivity contribution in [2.75, 3.05) is 0 Å². The molecule has 0 rings (SSSR count). The number of carbonyl (C=O) groups is 1. The molecule has 14 heavy (non-hydrogen) atoms. The fourth-order valence-corrected chi connectivity index (χ4v) is 1.55. The predicted octanol–water partition coefficient (Wildman–Crippen LogP) is 3.10. The van der Waals surface area contributed by atoms with Crippen LogP contribution < -0.4 is 5.73 Å². The normalized spacial score (nSPS) is 12.1. The Kier molecular flexibility index (Phi) is 5.82. The Morgan fingerprint density at radius 1 is 1.29 bits per heavy atom. The molecule has 0 atom stereocenters. The van der Waals surface area contributed by atoms with Gasteiger partial charge in [-0.1, -0.05) is 34.1 Å². The van der Waals surface area contributed by atoms with E-state index in [-0.39, 0.29) is 5.91 Å². The van der Waals surface area contributed by atoms with Crippen molar-refractivity contribution >= 4 is 5.91 Å². The Hall–Kier alpha value is -0.530. The molecule has 0 spiro atoms. The molecule has 0 saturated heterocycles.